The van der Waals surface area contributed by atoms with Crippen LogP contribution in [0, 0.1) is 12.7 Å². The Morgan fingerprint density at radius 1 is 1.19 bits per heavy atom. The lowest BCUT2D eigenvalue weighted by Crippen LogP contribution is -2.31. The van der Waals surface area contributed by atoms with Gasteiger partial charge >= 0.3 is 0 Å². The van der Waals surface area contributed by atoms with Crippen molar-refractivity contribution < 1.29 is 13.4 Å². The monoisotopic (exact) mass is 384 g/mol. The molecular weight excluding hydrogens is 355 g/mol. The topological polar surface area (TPSA) is 64.7 Å². The molecule has 0 aliphatic heterocycles. The summed E-state index contributed by atoms with van der Waals surface area (Å²) < 4.78 is 30.4. The number of amides is 1. The fraction of sp³-hybridized carbons (Fsp3) is 0.389. The fourth-order valence-corrected chi connectivity index (χ4v) is 2.27. The molecule has 0 radical (unpaired) electrons. The largest absolute Gasteiger partial charge is 0.352 e. The van der Waals surface area contributed by atoms with E-state index < -0.39 is 17.0 Å². The van der Waals surface area contributed by atoms with E-state index in [0.29, 0.717) is 17.8 Å². The fourth-order valence-electron chi connectivity index (χ4n) is 1.73. The Morgan fingerprint density at radius 2 is 1.81 bits per heavy atom. The normalized spacial score (nSPS) is 12.8. The zero-order chi connectivity index (χ0) is 20.3. The summed E-state index contributed by atoms with van der Waals surface area (Å²) in [7, 11) is 4.84. The molecule has 8 heteroatoms. The lowest BCUT2D eigenvalue weighted by molar-refractivity contribution is -0.115. The Bertz CT molecular complexity index is 675. The molecule has 146 valence electrons. The van der Waals surface area contributed by atoms with E-state index in [1.54, 1.807) is 53.2 Å². The maximum absolute atomic E-state index is 14.1. The lowest BCUT2D eigenvalue weighted by atomic mass is 10.2. The number of halogens is 1. The molecule has 1 atom stereocenters. The molecule has 0 heterocycles. The van der Waals surface area contributed by atoms with Crippen LogP contribution in [-0.4, -0.2) is 41.0 Å². The number of nitrogens with one attached hydrogen (secondary N) is 2. The van der Waals surface area contributed by atoms with Crippen LogP contribution in [0.2, 0.25) is 0 Å². The molecule has 0 aliphatic rings. The molecule has 1 amide bonds. The van der Waals surface area contributed by atoms with Crippen LogP contribution < -0.4 is 10.0 Å². The quantitative estimate of drug-likeness (QED) is 0.535. The molecule has 1 aromatic carbocycles. The number of nitrogens with zero attached hydrogens (tertiary/aromatic N) is 2. The first-order chi connectivity index (χ1) is 12.3. The van der Waals surface area contributed by atoms with Gasteiger partial charge in [-0.15, -0.1) is 0 Å². The minimum atomic E-state index is -1.51. The molecule has 0 aromatic heterocycles. The van der Waals surface area contributed by atoms with Gasteiger partial charge in [0, 0.05) is 27.3 Å². The maximum Gasteiger partial charge on any atom is 0.213 e. The van der Waals surface area contributed by atoms with Crippen molar-refractivity contribution in [1.82, 2.24) is 13.9 Å². The Hall–Kier alpha value is -2.19. The second-order valence-electron chi connectivity index (χ2n) is 5.29. The summed E-state index contributed by atoms with van der Waals surface area (Å²) in [4.78, 5) is 12.2. The van der Waals surface area contributed by atoms with Crippen LogP contribution in [0.25, 0.3) is 0 Å². The number of carbonyl (C=O) groups is 1. The molecule has 0 spiro atoms. The third-order valence-electron chi connectivity index (χ3n) is 3.00. The summed E-state index contributed by atoms with van der Waals surface area (Å²) >= 11 is -1.51. The molecule has 2 N–H and O–H groups in total. The first-order valence-electron chi connectivity index (χ1n) is 8.23. The summed E-state index contributed by atoms with van der Waals surface area (Å²) in [6.07, 6.45) is 3.78. The van der Waals surface area contributed by atoms with E-state index in [0.717, 1.165) is 5.56 Å². The molecule has 0 aliphatic carbocycles. The first-order valence-corrected chi connectivity index (χ1v) is 9.34. The number of carbonyl (C=O) groups excluding carboxylic acids is 1. The van der Waals surface area contributed by atoms with E-state index >= 15 is 0 Å². The SMILES string of the molecule is C/C=C(Nc1ccc(C)cc1F)\C(=C/N(C)C=O)NS(=O)N(C)C.CC. The molecule has 0 bridgehead atoms. The van der Waals surface area contributed by atoms with Gasteiger partial charge in [0.05, 0.1) is 17.1 Å². The Labute approximate surface area is 158 Å². The number of allylic oxidation sites excluding steroid dienone is 1. The van der Waals surface area contributed by atoms with E-state index in [9.17, 15) is 13.4 Å². The average Bonchev–Trinajstić information content (AvgIpc) is 2.62. The summed E-state index contributed by atoms with van der Waals surface area (Å²) in [6.45, 7) is 7.55. The Balaban J connectivity index is 0.00000301. The van der Waals surface area contributed by atoms with Crippen LogP contribution in [0.15, 0.2) is 41.9 Å². The molecular formula is C18H29FN4O2S. The van der Waals surface area contributed by atoms with Crippen molar-refractivity contribution >= 4 is 23.3 Å². The third-order valence-corrected chi connectivity index (χ3v) is 4.06. The predicted molar refractivity (Wildman–Crippen MR) is 107 cm³/mol. The van der Waals surface area contributed by atoms with Crippen molar-refractivity contribution in [2.24, 2.45) is 0 Å². The summed E-state index contributed by atoms with van der Waals surface area (Å²) in [5.41, 5.74) is 1.97. The number of rotatable bonds is 8. The Kier molecular flexibility index (Phi) is 11.2. The molecule has 0 saturated carbocycles. The minimum absolute atomic E-state index is 0.283. The second-order valence-corrected chi connectivity index (χ2v) is 6.72. The summed E-state index contributed by atoms with van der Waals surface area (Å²) in [5, 5.41) is 2.96. The van der Waals surface area contributed by atoms with Crippen LogP contribution in [0.3, 0.4) is 0 Å². The predicted octanol–water partition coefficient (Wildman–Crippen LogP) is 3.14. The molecule has 1 unspecified atom stereocenters. The van der Waals surface area contributed by atoms with Gasteiger partial charge in [-0.05, 0) is 31.5 Å². The molecule has 1 rings (SSSR count). The molecule has 6 nitrogen and oxygen atoms in total. The van der Waals surface area contributed by atoms with Gasteiger partial charge in [0.2, 0.25) is 6.41 Å². The van der Waals surface area contributed by atoms with Gasteiger partial charge in [-0.3, -0.25) is 9.52 Å². The van der Waals surface area contributed by atoms with Crippen molar-refractivity contribution in [1.29, 1.82) is 0 Å². The van der Waals surface area contributed by atoms with Crippen LogP contribution in [0.1, 0.15) is 26.3 Å². The Morgan fingerprint density at radius 3 is 2.27 bits per heavy atom. The van der Waals surface area contributed by atoms with Crippen molar-refractivity contribution in [2.75, 3.05) is 26.5 Å². The molecule has 0 fully saturated rings. The standard InChI is InChI=1S/C16H23FN4O2S.C2H6/c1-6-14(18-15-8-7-12(2)9-13(15)17)16(10-21(5)11-22)19-24(23)20(3)4;1-2/h6-11,18-19H,1-5H3;1-2H3/b14-6+,16-10+;. The zero-order valence-corrected chi connectivity index (χ0v) is 17.3. The number of hydrogen-bond acceptors (Lipinski definition) is 3. The summed E-state index contributed by atoms with van der Waals surface area (Å²) in [5.74, 6) is -0.397. The first kappa shape index (κ1) is 23.8. The van der Waals surface area contributed by atoms with Gasteiger partial charge in [0.15, 0.2) is 11.2 Å². The van der Waals surface area contributed by atoms with Gasteiger partial charge in [-0.1, -0.05) is 26.0 Å². The van der Waals surface area contributed by atoms with Crippen molar-refractivity contribution in [2.45, 2.75) is 27.7 Å². The van der Waals surface area contributed by atoms with Crippen molar-refractivity contribution in [3.8, 4) is 0 Å². The van der Waals surface area contributed by atoms with E-state index in [4.69, 9.17) is 0 Å². The number of hydrogen-bond donors (Lipinski definition) is 2. The van der Waals surface area contributed by atoms with Crippen LogP contribution in [0.4, 0.5) is 10.1 Å². The smallest absolute Gasteiger partial charge is 0.213 e. The highest BCUT2D eigenvalue weighted by molar-refractivity contribution is 7.80. The van der Waals surface area contributed by atoms with Crippen LogP contribution >= 0.6 is 0 Å². The lowest BCUT2D eigenvalue weighted by Gasteiger charge is -2.20. The molecule has 1 aromatic rings. The molecule has 26 heavy (non-hydrogen) atoms. The van der Waals surface area contributed by atoms with E-state index in [-0.39, 0.29) is 5.69 Å². The van der Waals surface area contributed by atoms with Gasteiger partial charge in [0.25, 0.3) is 0 Å². The zero-order valence-electron chi connectivity index (χ0n) is 16.5. The van der Waals surface area contributed by atoms with Crippen LogP contribution in [0.5, 0.6) is 0 Å². The van der Waals surface area contributed by atoms with E-state index in [1.165, 1.54) is 21.5 Å². The highest BCUT2D eigenvalue weighted by Gasteiger charge is 2.13. The average molecular weight is 385 g/mol. The van der Waals surface area contributed by atoms with E-state index in [1.807, 2.05) is 13.8 Å². The van der Waals surface area contributed by atoms with Gasteiger partial charge in [-0.25, -0.2) is 12.9 Å². The highest BCUT2D eigenvalue weighted by Crippen LogP contribution is 2.20. The number of benzene rings is 1. The van der Waals surface area contributed by atoms with Crippen LogP contribution in [-0.2, 0) is 16.0 Å². The van der Waals surface area contributed by atoms with Gasteiger partial charge in [-0.2, -0.15) is 0 Å². The number of aryl methyl sites for hydroxylation is 1. The third kappa shape index (κ3) is 7.79. The van der Waals surface area contributed by atoms with Gasteiger partial charge in [0.1, 0.15) is 5.82 Å². The van der Waals surface area contributed by atoms with Gasteiger partial charge < -0.3 is 10.2 Å². The maximum atomic E-state index is 14.1. The minimum Gasteiger partial charge on any atom is -0.352 e. The summed E-state index contributed by atoms with van der Waals surface area (Å²) in [6, 6.07) is 4.82. The molecule has 0 saturated heterocycles. The number of anilines is 1. The van der Waals surface area contributed by atoms with Crippen molar-refractivity contribution in [3.05, 3.63) is 53.2 Å². The second kappa shape index (κ2) is 12.2. The highest BCUT2D eigenvalue weighted by atomic mass is 32.2. The van der Waals surface area contributed by atoms with E-state index in [2.05, 4.69) is 10.0 Å². The van der Waals surface area contributed by atoms with Crippen molar-refractivity contribution in [3.63, 3.8) is 0 Å².